The molecule has 28 heavy (non-hydrogen) atoms. The highest BCUT2D eigenvalue weighted by Crippen LogP contribution is 2.30. The molecular weight excluding hydrogens is 376 g/mol. The van der Waals surface area contributed by atoms with Gasteiger partial charge in [-0.25, -0.2) is 13.1 Å². The number of rotatable bonds is 9. The number of sulfonamides is 1. The fourth-order valence-corrected chi connectivity index (χ4v) is 3.51. The van der Waals surface area contributed by atoms with Gasteiger partial charge in [0.25, 0.3) is 5.91 Å². The Kier molecular flexibility index (Phi) is 6.36. The Bertz CT molecular complexity index is 904. The van der Waals surface area contributed by atoms with Gasteiger partial charge in [-0.1, -0.05) is 24.3 Å². The molecule has 0 radical (unpaired) electrons. The molecule has 0 aliphatic heterocycles. The van der Waals surface area contributed by atoms with E-state index < -0.39 is 10.0 Å². The molecule has 0 saturated heterocycles. The third-order valence-electron chi connectivity index (χ3n) is 4.74. The Morgan fingerprint density at radius 1 is 1.07 bits per heavy atom. The van der Waals surface area contributed by atoms with Crippen molar-refractivity contribution in [1.29, 1.82) is 0 Å². The summed E-state index contributed by atoms with van der Waals surface area (Å²) in [6.45, 7) is 0.922. The maximum Gasteiger partial charge on any atom is 0.254 e. The highest BCUT2D eigenvalue weighted by atomic mass is 32.2. The summed E-state index contributed by atoms with van der Waals surface area (Å²) in [5, 5.41) is 0. The number of carbonyl (C=O) groups excluding carboxylic acids is 1. The van der Waals surface area contributed by atoms with E-state index in [-0.39, 0.29) is 5.91 Å². The SMILES string of the molecule is COc1ccc(CN(C(=O)c2ccc(CCNS(C)(=O)=O)cc2)C2CC2)cc1. The summed E-state index contributed by atoms with van der Waals surface area (Å²) in [5.74, 6) is 0.827. The number of hydrogen-bond donors (Lipinski definition) is 1. The van der Waals surface area contributed by atoms with Crippen LogP contribution in [0.15, 0.2) is 48.5 Å². The largest absolute Gasteiger partial charge is 0.497 e. The van der Waals surface area contributed by atoms with Crippen molar-refractivity contribution in [1.82, 2.24) is 9.62 Å². The zero-order valence-electron chi connectivity index (χ0n) is 16.2. The van der Waals surface area contributed by atoms with Crippen LogP contribution < -0.4 is 9.46 Å². The normalized spacial score (nSPS) is 13.9. The van der Waals surface area contributed by atoms with Gasteiger partial charge in [0, 0.05) is 24.7 Å². The van der Waals surface area contributed by atoms with Gasteiger partial charge < -0.3 is 9.64 Å². The van der Waals surface area contributed by atoms with Crippen LogP contribution in [-0.2, 0) is 23.0 Å². The van der Waals surface area contributed by atoms with Crippen LogP contribution in [-0.4, -0.2) is 45.2 Å². The first-order valence-corrected chi connectivity index (χ1v) is 11.2. The van der Waals surface area contributed by atoms with Crippen molar-refractivity contribution in [3.05, 3.63) is 65.2 Å². The highest BCUT2D eigenvalue weighted by molar-refractivity contribution is 7.88. The Morgan fingerprint density at radius 3 is 2.21 bits per heavy atom. The van der Waals surface area contributed by atoms with Crippen LogP contribution in [0.25, 0.3) is 0 Å². The van der Waals surface area contributed by atoms with E-state index >= 15 is 0 Å². The summed E-state index contributed by atoms with van der Waals surface area (Å²) in [5.41, 5.74) is 2.71. The van der Waals surface area contributed by atoms with Gasteiger partial charge in [0.15, 0.2) is 0 Å². The van der Waals surface area contributed by atoms with Crippen molar-refractivity contribution in [3.63, 3.8) is 0 Å². The van der Waals surface area contributed by atoms with Crippen LogP contribution in [0.1, 0.15) is 34.3 Å². The van der Waals surface area contributed by atoms with Gasteiger partial charge in [-0.2, -0.15) is 0 Å². The van der Waals surface area contributed by atoms with Crippen molar-refractivity contribution in [2.24, 2.45) is 0 Å². The first kappa shape index (κ1) is 20.4. The fourth-order valence-electron chi connectivity index (χ4n) is 3.04. The third-order valence-corrected chi connectivity index (χ3v) is 5.47. The van der Waals surface area contributed by atoms with Gasteiger partial charge in [0.2, 0.25) is 10.0 Å². The van der Waals surface area contributed by atoms with E-state index in [9.17, 15) is 13.2 Å². The molecule has 0 bridgehead atoms. The molecule has 6 nitrogen and oxygen atoms in total. The number of benzene rings is 2. The molecule has 1 aliphatic rings. The second kappa shape index (κ2) is 8.75. The van der Waals surface area contributed by atoms with Crippen LogP contribution in [0.3, 0.4) is 0 Å². The zero-order chi connectivity index (χ0) is 20.1. The van der Waals surface area contributed by atoms with Gasteiger partial charge in [0.05, 0.1) is 13.4 Å². The van der Waals surface area contributed by atoms with Crippen molar-refractivity contribution >= 4 is 15.9 Å². The van der Waals surface area contributed by atoms with E-state index in [2.05, 4.69) is 4.72 Å². The second-order valence-electron chi connectivity index (χ2n) is 7.13. The maximum absolute atomic E-state index is 13.0. The van der Waals surface area contributed by atoms with E-state index in [1.165, 1.54) is 0 Å². The van der Waals surface area contributed by atoms with Crippen LogP contribution in [0.2, 0.25) is 0 Å². The highest BCUT2D eigenvalue weighted by Gasteiger charge is 2.33. The first-order valence-electron chi connectivity index (χ1n) is 9.33. The van der Waals surface area contributed by atoms with E-state index in [4.69, 9.17) is 4.74 Å². The number of amides is 1. The molecule has 1 aliphatic carbocycles. The Hall–Kier alpha value is -2.38. The first-order chi connectivity index (χ1) is 13.4. The number of nitrogens with one attached hydrogen (secondary N) is 1. The van der Waals surface area contributed by atoms with E-state index in [0.29, 0.717) is 31.1 Å². The minimum Gasteiger partial charge on any atom is -0.497 e. The zero-order valence-corrected chi connectivity index (χ0v) is 17.0. The molecule has 0 aromatic heterocycles. The molecule has 0 atom stereocenters. The summed E-state index contributed by atoms with van der Waals surface area (Å²) >= 11 is 0. The molecular formula is C21H26N2O4S. The number of nitrogens with zero attached hydrogens (tertiary/aromatic N) is 1. The average molecular weight is 403 g/mol. The van der Waals surface area contributed by atoms with Crippen molar-refractivity contribution < 1.29 is 17.9 Å². The smallest absolute Gasteiger partial charge is 0.254 e. The van der Waals surface area contributed by atoms with Gasteiger partial charge in [0.1, 0.15) is 5.75 Å². The van der Waals surface area contributed by atoms with Crippen molar-refractivity contribution in [2.75, 3.05) is 19.9 Å². The molecule has 0 heterocycles. The molecule has 7 heteroatoms. The molecule has 0 unspecified atom stereocenters. The van der Waals surface area contributed by atoms with E-state index in [0.717, 1.165) is 36.0 Å². The Balaban J connectivity index is 1.64. The monoisotopic (exact) mass is 402 g/mol. The second-order valence-corrected chi connectivity index (χ2v) is 8.96. The lowest BCUT2D eigenvalue weighted by molar-refractivity contribution is 0.0730. The molecule has 1 amide bonds. The van der Waals surface area contributed by atoms with Gasteiger partial charge in [-0.3, -0.25) is 4.79 Å². The lowest BCUT2D eigenvalue weighted by Crippen LogP contribution is -2.32. The molecule has 0 spiro atoms. The van der Waals surface area contributed by atoms with E-state index in [1.54, 1.807) is 7.11 Å². The Morgan fingerprint density at radius 2 is 1.68 bits per heavy atom. The predicted octanol–water partition coefficient (Wildman–Crippen LogP) is 2.59. The number of methoxy groups -OCH3 is 1. The summed E-state index contributed by atoms with van der Waals surface area (Å²) in [7, 11) is -1.55. The lowest BCUT2D eigenvalue weighted by Gasteiger charge is -2.23. The van der Waals surface area contributed by atoms with Gasteiger partial charge in [-0.15, -0.1) is 0 Å². The third kappa shape index (κ3) is 5.81. The summed E-state index contributed by atoms with van der Waals surface area (Å²) in [4.78, 5) is 15.0. The predicted molar refractivity (Wildman–Crippen MR) is 109 cm³/mol. The molecule has 150 valence electrons. The van der Waals surface area contributed by atoms with Crippen LogP contribution >= 0.6 is 0 Å². The average Bonchev–Trinajstić information content (AvgIpc) is 3.51. The minimum atomic E-state index is -3.18. The molecule has 1 N–H and O–H groups in total. The number of carbonyl (C=O) groups is 1. The number of ether oxygens (including phenoxy) is 1. The van der Waals surface area contributed by atoms with Gasteiger partial charge >= 0.3 is 0 Å². The quantitative estimate of drug-likeness (QED) is 0.700. The van der Waals surface area contributed by atoms with Crippen molar-refractivity contribution in [3.8, 4) is 5.75 Å². The van der Waals surface area contributed by atoms with Crippen molar-refractivity contribution in [2.45, 2.75) is 31.8 Å². The Labute approximate surface area is 166 Å². The molecule has 1 fully saturated rings. The fraction of sp³-hybridized carbons (Fsp3) is 0.381. The summed E-state index contributed by atoms with van der Waals surface area (Å²) in [6, 6.07) is 15.5. The van der Waals surface area contributed by atoms with E-state index in [1.807, 2.05) is 53.4 Å². The number of hydrogen-bond acceptors (Lipinski definition) is 4. The maximum atomic E-state index is 13.0. The minimum absolute atomic E-state index is 0.0270. The summed E-state index contributed by atoms with van der Waals surface area (Å²) in [6.07, 6.45) is 3.80. The lowest BCUT2D eigenvalue weighted by atomic mass is 10.1. The molecule has 1 saturated carbocycles. The molecule has 2 aromatic carbocycles. The van der Waals surface area contributed by atoms with Crippen LogP contribution in [0, 0.1) is 0 Å². The molecule has 3 rings (SSSR count). The topological polar surface area (TPSA) is 75.7 Å². The standard InChI is InChI=1S/C21H26N2O4S/c1-27-20-11-5-17(6-12-20)15-23(19-9-10-19)21(24)18-7-3-16(4-8-18)13-14-22-28(2,25)26/h3-8,11-12,19,22H,9-10,13-15H2,1-2H3. The van der Waals surface area contributed by atoms with Gasteiger partial charge in [-0.05, 0) is 54.7 Å². The van der Waals surface area contributed by atoms with Crippen LogP contribution in [0.5, 0.6) is 5.75 Å². The molecule has 2 aromatic rings. The summed E-state index contributed by atoms with van der Waals surface area (Å²) < 4.78 is 29.9. The van der Waals surface area contributed by atoms with Crippen LogP contribution in [0.4, 0.5) is 0 Å².